The fourth-order valence-electron chi connectivity index (χ4n) is 1.15. The number of ether oxygens (including phenoxy) is 1. The lowest BCUT2D eigenvalue weighted by Gasteiger charge is -2.12. The Kier molecular flexibility index (Phi) is 6.21. The second-order valence-electron chi connectivity index (χ2n) is 3.92. The van der Waals surface area contributed by atoms with Crippen molar-refractivity contribution in [2.24, 2.45) is 0 Å². The van der Waals surface area contributed by atoms with E-state index < -0.39 is 0 Å². The van der Waals surface area contributed by atoms with Crippen molar-refractivity contribution in [1.29, 1.82) is 0 Å². The van der Waals surface area contributed by atoms with E-state index in [0.717, 1.165) is 29.8 Å². The van der Waals surface area contributed by atoms with Gasteiger partial charge in [-0.1, -0.05) is 6.92 Å². The zero-order valence-electron chi connectivity index (χ0n) is 10.5. The molecule has 5 nitrogen and oxygen atoms in total. The molecule has 0 atom stereocenters. The number of nitrogens with zero attached hydrogens (tertiary/aromatic N) is 3. The molecular weight excluding hydrogens is 284 g/mol. The standard InChI is InChI=1S/C11H19BrN4O/c1-4-5-13-10-9(12)11(15-8-14-10)17-7-6-16(2)3/h8H,4-7H2,1-3H3,(H,13,14,15). The van der Waals surface area contributed by atoms with Gasteiger partial charge in [0.1, 0.15) is 23.2 Å². The SMILES string of the molecule is CCCNc1ncnc(OCCN(C)C)c1Br. The summed E-state index contributed by atoms with van der Waals surface area (Å²) in [6.07, 6.45) is 2.56. The van der Waals surface area contributed by atoms with Crippen LogP contribution in [0.25, 0.3) is 0 Å². The van der Waals surface area contributed by atoms with E-state index in [0.29, 0.717) is 12.5 Å². The van der Waals surface area contributed by atoms with Crippen molar-refractivity contribution in [3.05, 3.63) is 10.8 Å². The molecule has 0 aliphatic heterocycles. The minimum Gasteiger partial charge on any atom is -0.475 e. The molecule has 6 heteroatoms. The van der Waals surface area contributed by atoms with Crippen molar-refractivity contribution in [2.45, 2.75) is 13.3 Å². The summed E-state index contributed by atoms with van der Waals surface area (Å²) in [5.74, 6) is 1.36. The molecule has 0 saturated heterocycles. The van der Waals surface area contributed by atoms with E-state index in [-0.39, 0.29) is 0 Å². The number of nitrogens with one attached hydrogen (secondary N) is 1. The van der Waals surface area contributed by atoms with Gasteiger partial charge in [-0.05, 0) is 36.4 Å². The van der Waals surface area contributed by atoms with Crippen LogP contribution in [0.2, 0.25) is 0 Å². The largest absolute Gasteiger partial charge is 0.475 e. The molecule has 0 aliphatic carbocycles. The molecule has 0 bridgehead atoms. The van der Waals surface area contributed by atoms with Crippen LogP contribution in [0.4, 0.5) is 5.82 Å². The predicted molar refractivity (Wildman–Crippen MR) is 72.6 cm³/mol. The van der Waals surface area contributed by atoms with E-state index >= 15 is 0 Å². The molecule has 1 aromatic rings. The maximum atomic E-state index is 5.59. The Morgan fingerprint density at radius 1 is 1.41 bits per heavy atom. The number of likely N-dealkylation sites (N-methyl/N-ethyl adjacent to an activating group) is 1. The first-order valence-corrected chi connectivity index (χ1v) is 6.46. The minimum absolute atomic E-state index is 0.584. The lowest BCUT2D eigenvalue weighted by molar-refractivity contribution is 0.252. The highest BCUT2D eigenvalue weighted by molar-refractivity contribution is 9.10. The Morgan fingerprint density at radius 3 is 2.82 bits per heavy atom. The quantitative estimate of drug-likeness (QED) is 0.835. The first kappa shape index (κ1) is 14.2. The second kappa shape index (κ2) is 7.45. The van der Waals surface area contributed by atoms with Gasteiger partial charge < -0.3 is 15.0 Å². The molecule has 17 heavy (non-hydrogen) atoms. The number of hydrogen-bond donors (Lipinski definition) is 1. The van der Waals surface area contributed by atoms with Crippen molar-refractivity contribution in [3.63, 3.8) is 0 Å². The number of halogens is 1. The van der Waals surface area contributed by atoms with E-state index in [9.17, 15) is 0 Å². The van der Waals surface area contributed by atoms with Crippen LogP contribution in [0.1, 0.15) is 13.3 Å². The van der Waals surface area contributed by atoms with Gasteiger partial charge in [-0.25, -0.2) is 9.97 Å². The normalized spacial score (nSPS) is 10.6. The van der Waals surface area contributed by atoms with Crippen LogP contribution in [-0.2, 0) is 0 Å². The predicted octanol–water partition coefficient (Wildman–Crippen LogP) is 2.00. The Balaban J connectivity index is 2.59. The molecule has 0 aliphatic rings. The number of aromatic nitrogens is 2. The lowest BCUT2D eigenvalue weighted by Crippen LogP contribution is -2.20. The lowest BCUT2D eigenvalue weighted by atomic mass is 10.4. The van der Waals surface area contributed by atoms with Gasteiger partial charge in [-0.15, -0.1) is 0 Å². The third-order valence-electron chi connectivity index (χ3n) is 2.08. The molecule has 96 valence electrons. The summed E-state index contributed by atoms with van der Waals surface area (Å²) in [5.41, 5.74) is 0. The zero-order chi connectivity index (χ0) is 12.7. The smallest absolute Gasteiger partial charge is 0.233 e. The van der Waals surface area contributed by atoms with E-state index in [2.05, 4.69) is 43.0 Å². The van der Waals surface area contributed by atoms with E-state index in [1.165, 1.54) is 6.33 Å². The highest BCUT2D eigenvalue weighted by Gasteiger charge is 2.09. The monoisotopic (exact) mass is 302 g/mol. The van der Waals surface area contributed by atoms with Crippen LogP contribution in [0.3, 0.4) is 0 Å². The topological polar surface area (TPSA) is 50.3 Å². The minimum atomic E-state index is 0.584. The maximum absolute atomic E-state index is 5.59. The van der Waals surface area contributed by atoms with Crippen molar-refractivity contribution >= 4 is 21.7 Å². The molecule has 0 unspecified atom stereocenters. The van der Waals surface area contributed by atoms with Gasteiger partial charge >= 0.3 is 0 Å². The van der Waals surface area contributed by atoms with Crippen molar-refractivity contribution in [2.75, 3.05) is 39.1 Å². The van der Waals surface area contributed by atoms with Crippen LogP contribution in [0.15, 0.2) is 10.8 Å². The van der Waals surface area contributed by atoms with Gasteiger partial charge in [-0.3, -0.25) is 0 Å². The van der Waals surface area contributed by atoms with E-state index in [1.807, 2.05) is 14.1 Å². The Labute approximate surface area is 111 Å². The summed E-state index contributed by atoms with van der Waals surface area (Å²) >= 11 is 3.45. The molecule has 0 radical (unpaired) electrons. The molecule has 1 heterocycles. The molecule has 1 rings (SSSR count). The van der Waals surface area contributed by atoms with E-state index in [1.54, 1.807) is 0 Å². The molecule has 0 saturated carbocycles. The zero-order valence-corrected chi connectivity index (χ0v) is 12.1. The molecular formula is C11H19BrN4O. The van der Waals surface area contributed by atoms with Crippen LogP contribution >= 0.6 is 15.9 Å². The van der Waals surface area contributed by atoms with Crippen LogP contribution in [0, 0.1) is 0 Å². The third-order valence-corrected chi connectivity index (χ3v) is 2.79. The van der Waals surface area contributed by atoms with Gasteiger partial charge in [0.25, 0.3) is 0 Å². The second-order valence-corrected chi connectivity index (χ2v) is 4.71. The Morgan fingerprint density at radius 2 is 2.18 bits per heavy atom. The summed E-state index contributed by atoms with van der Waals surface area (Å²) < 4.78 is 6.37. The molecule has 1 aromatic heterocycles. The summed E-state index contributed by atoms with van der Waals surface area (Å²) in [6, 6.07) is 0. The summed E-state index contributed by atoms with van der Waals surface area (Å²) in [4.78, 5) is 10.3. The maximum Gasteiger partial charge on any atom is 0.233 e. The molecule has 0 fully saturated rings. The van der Waals surface area contributed by atoms with Crippen molar-refractivity contribution in [3.8, 4) is 5.88 Å². The third kappa shape index (κ3) is 4.87. The van der Waals surface area contributed by atoms with Gasteiger partial charge in [0.15, 0.2) is 0 Å². The van der Waals surface area contributed by atoms with Gasteiger partial charge in [-0.2, -0.15) is 0 Å². The molecule has 0 amide bonds. The van der Waals surface area contributed by atoms with E-state index in [4.69, 9.17) is 4.74 Å². The highest BCUT2D eigenvalue weighted by atomic mass is 79.9. The molecule has 1 N–H and O–H groups in total. The highest BCUT2D eigenvalue weighted by Crippen LogP contribution is 2.28. The average Bonchev–Trinajstić information content (AvgIpc) is 2.29. The molecule has 0 aromatic carbocycles. The Hall–Kier alpha value is -0.880. The fraction of sp³-hybridized carbons (Fsp3) is 0.636. The van der Waals surface area contributed by atoms with Crippen LogP contribution in [0.5, 0.6) is 5.88 Å². The van der Waals surface area contributed by atoms with Crippen LogP contribution < -0.4 is 10.1 Å². The number of hydrogen-bond acceptors (Lipinski definition) is 5. The Bertz CT molecular complexity index is 346. The summed E-state index contributed by atoms with van der Waals surface area (Å²) in [7, 11) is 4.01. The van der Waals surface area contributed by atoms with Gasteiger partial charge in [0.05, 0.1) is 0 Å². The van der Waals surface area contributed by atoms with Crippen LogP contribution in [-0.4, -0.2) is 48.7 Å². The van der Waals surface area contributed by atoms with Gasteiger partial charge in [0.2, 0.25) is 5.88 Å². The number of anilines is 1. The van der Waals surface area contributed by atoms with Gasteiger partial charge in [0, 0.05) is 13.1 Å². The first-order chi connectivity index (χ1) is 8.15. The summed E-state index contributed by atoms with van der Waals surface area (Å²) in [6.45, 7) is 4.45. The summed E-state index contributed by atoms with van der Waals surface area (Å²) in [5, 5.41) is 3.21. The number of rotatable bonds is 7. The molecule has 0 spiro atoms. The average molecular weight is 303 g/mol. The first-order valence-electron chi connectivity index (χ1n) is 5.67. The van der Waals surface area contributed by atoms with Crippen molar-refractivity contribution in [1.82, 2.24) is 14.9 Å². The fourth-order valence-corrected chi connectivity index (χ4v) is 1.61. The van der Waals surface area contributed by atoms with Crippen molar-refractivity contribution < 1.29 is 4.74 Å².